The molecule has 2 aliphatic rings. The molecule has 2 unspecified atom stereocenters. The fraction of sp³-hybridized carbons (Fsp3) is 0.423. The molecule has 6 nitrogen and oxygen atoms in total. The van der Waals surface area contributed by atoms with E-state index in [-0.39, 0.29) is 12.2 Å². The number of nitrogens with zero attached hydrogens (tertiary/aromatic N) is 5. The predicted molar refractivity (Wildman–Crippen MR) is 133 cm³/mol. The lowest BCUT2D eigenvalue weighted by Crippen LogP contribution is -2.46. The van der Waals surface area contributed by atoms with Crippen molar-refractivity contribution >= 4 is 23.2 Å². The molecule has 3 aromatic heterocycles. The topological polar surface area (TPSA) is 54.4 Å². The van der Waals surface area contributed by atoms with Crippen molar-refractivity contribution in [3.8, 4) is 11.3 Å². The maximum absolute atomic E-state index is 6.53. The number of anilines is 2. The number of hydrogen-bond acceptors (Lipinski definition) is 6. The van der Waals surface area contributed by atoms with Gasteiger partial charge in [0.05, 0.1) is 22.9 Å². The van der Waals surface area contributed by atoms with Crippen molar-refractivity contribution < 1.29 is 4.74 Å². The van der Waals surface area contributed by atoms with Crippen molar-refractivity contribution in [2.24, 2.45) is 0 Å². The first-order chi connectivity index (χ1) is 15.9. The van der Waals surface area contributed by atoms with Gasteiger partial charge in [0.2, 0.25) is 0 Å². The summed E-state index contributed by atoms with van der Waals surface area (Å²) in [5.74, 6) is 1.97. The summed E-state index contributed by atoms with van der Waals surface area (Å²) in [6.45, 7) is 11.8. The van der Waals surface area contributed by atoms with Crippen LogP contribution in [0, 0.1) is 13.8 Å². The first kappa shape index (κ1) is 22.1. The molecule has 3 aromatic rings. The van der Waals surface area contributed by atoms with Gasteiger partial charge in [0, 0.05) is 56.3 Å². The number of pyridine rings is 3. The first-order valence-corrected chi connectivity index (χ1v) is 12.0. The number of halogens is 1. The Labute approximate surface area is 200 Å². The molecule has 0 aliphatic carbocycles. The lowest BCUT2D eigenvalue weighted by molar-refractivity contribution is -0.00547. The van der Waals surface area contributed by atoms with E-state index in [9.17, 15) is 0 Å². The zero-order valence-electron chi connectivity index (χ0n) is 19.7. The van der Waals surface area contributed by atoms with Gasteiger partial charge in [0.15, 0.2) is 0 Å². The number of hydrogen-bond donors (Lipinski definition) is 0. The second-order valence-electron chi connectivity index (χ2n) is 9.31. The van der Waals surface area contributed by atoms with Gasteiger partial charge in [-0.25, -0.2) is 9.97 Å². The Morgan fingerprint density at radius 2 is 1.76 bits per heavy atom. The fourth-order valence-corrected chi connectivity index (χ4v) is 5.11. The molecule has 0 N–H and O–H groups in total. The zero-order chi connectivity index (χ0) is 23.1. The van der Waals surface area contributed by atoms with Crippen LogP contribution in [0.3, 0.4) is 0 Å². The Morgan fingerprint density at radius 1 is 0.970 bits per heavy atom. The van der Waals surface area contributed by atoms with Gasteiger partial charge in [-0.15, -0.1) is 0 Å². The summed E-state index contributed by atoms with van der Waals surface area (Å²) in [7, 11) is 0. The maximum atomic E-state index is 6.53. The molecular formula is C26H30ClN5O. The summed E-state index contributed by atoms with van der Waals surface area (Å²) >= 11 is 6.53. The highest BCUT2D eigenvalue weighted by atomic mass is 35.5. The average Bonchev–Trinajstić information content (AvgIpc) is 2.78. The molecule has 7 heteroatoms. The van der Waals surface area contributed by atoms with Crippen LogP contribution in [-0.4, -0.2) is 46.8 Å². The van der Waals surface area contributed by atoms with Gasteiger partial charge in [0.25, 0.3) is 0 Å². The van der Waals surface area contributed by atoms with Crippen molar-refractivity contribution in [2.75, 3.05) is 29.4 Å². The van der Waals surface area contributed by atoms with E-state index in [2.05, 4.69) is 64.8 Å². The smallest absolute Gasteiger partial charge is 0.129 e. The average molecular weight is 464 g/mol. The first-order valence-electron chi connectivity index (χ1n) is 11.6. The number of aromatic nitrogens is 3. The molecule has 2 atom stereocenters. The molecule has 0 aromatic carbocycles. The van der Waals surface area contributed by atoms with Crippen LogP contribution in [-0.2, 0) is 17.7 Å². The Balaban J connectivity index is 1.38. The Bertz CT molecular complexity index is 1170. The number of aryl methyl sites for hydroxylation is 2. The molecule has 0 saturated carbocycles. The molecule has 2 aliphatic heterocycles. The second-order valence-corrected chi connectivity index (χ2v) is 9.72. The minimum Gasteiger partial charge on any atom is -0.372 e. The van der Waals surface area contributed by atoms with E-state index in [1.807, 2.05) is 13.1 Å². The molecule has 5 heterocycles. The lowest BCUT2D eigenvalue weighted by Gasteiger charge is -2.37. The zero-order valence-corrected chi connectivity index (χ0v) is 20.4. The van der Waals surface area contributed by atoms with Gasteiger partial charge >= 0.3 is 0 Å². The number of ether oxygens (including phenoxy) is 1. The number of morpholine rings is 1. The van der Waals surface area contributed by atoms with Crippen molar-refractivity contribution in [3.05, 3.63) is 64.1 Å². The molecule has 1 fully saturated rings. The quantitative estimate of drug-likeness (QED) is 0.545. The summed E-state index contributed by atoms with van der Waals surface area (Å²) in [5, 5.41) is 0.621. The highest BCUT2D eigenvalue weighted by Gasteiger charge is 2.25. The minimum atomic E-state index is 0.221. The third-order valence-electron chi connectivity index (χ3n) is 6.41. The highest BCUT2D eigenvalue weighted by Crippen LogP contribution is 2.33. The van der Waals surface area contributed by atoms with E-state index >= 15 is 0 Å². The normalized spacial score (nSPS) is 20.6. The van der Waals surface area contributed by atoms with E-state index in [4.69, 9.17) is 21.3 Å². The standard InChI is InChI=1S/C26H30ClN5O/c1-16-9-17(2)26(29-11-16)21-10-25(28-12-22(21)27)31-8-7-23-20(15-31)5-6-24(30-23)32-13-18(3)33-19(4)14-32/h5-6,9-12,18-19H,7-8,13-15H2,1-4H3. The molecule has 1 saturated heterocycles. The van der Waals surface area contributed by atoms with Crippen LogP contribution in [0.1, 0.15) is 36.2 Å². The minimum absolute atomic E-state index is 0.221. The van der Waals surface area contributed by atoms with E-state index in [0.717, 1.165) is 66.6 Å². The molecular weight excluding hydrogens is 434 g/mol. The van der Waals surface area contributed by atoms with Crippen LogP contribution in [0.4, 0.5) is 11.6 Å². The number of fused-ring (bicyclic) bond motifs is 1. The summed E-state index contributed by atoms with van der Waals surface area (Å²) < 4.78 is 5.88. The van der Waals surface area contributed by atoms with E-state index in [1.165, 1.54) is 11.3 Å². The molecule has 33 heavy (non-hydrogen) atoms. The summed E-state index contributed by atoms with van der Waals surface area (Å²) in [6.07, 6.45) is 4.96. The van der Waals surface area contributed by atoms with Gasteiger partial charge in [-0.1, -0.05) is 23.7 Å². The highest BCUT2D eigenvalue weighted by molar-refractivity contribution is 6.33. The van der Waals surface area contributed by atoms with E-state index in [1.54, 1.807) is 6.20 Å². The third kappa shape index (κ3) is 4.55. The fourth-order valence-electron chi connectivity index (χ4n) is 4.92. The van der Waals surface area contributed by atoms with Crippen LogP contribution >= 0.6 is 11.6 Å². The lowest BCUT2D eigenvalue weighted by atomic mass is 10.0. The van der Waals surface area contributed by atoms with E-state index < -0.39 is 0 Å². The van der Waals surface area contributed by atoms with Gasteiger partial charge < -0.3 is 14.5 Å². The van der Waals surface area contributed by atoms with Gasteiger partial charge in [0.1, 0.15) is 11.6 Å². The molecule has 0 bridgehead atoms. The van der Waals surface area contributed by atoms with Crippen molar-refractivity contribution in [1.82, 2.24) is 15.0 Å². The van der Waals surface area contributed by atoms with Crippen LogP contribution < -0.4 is 9.80 Å². The number of rotatable bonds is 3. The van der Waals surface area contributed by atoms with Crippen molar-refractivity contribution in [3.63, 3.8) is 0 Å². The van der Waals surface area contributed by atoms with Crippen LogP contribution in [0.5, 0.6) is 0 Å². The predicted octanol–water partition coefficient (Wildman–Crippen LogP) is 4.99. The molecule has 172 valence electrons. The van der Waals surface area contributed by atoms with Gasteiger partial charge in [-0.2, -0.15) is 0 Å². The molecule has 0 radical (unpaired) electrons. The van der Waals surface area contributed by atoms with E-state index in [0.29, 0.717) is 5.02 Å². The molecule has 5 rings (SSSR count). The molecule has 0 spiro atoms. The SMILES string of the molecule is Cc1cnc(-c2cc(N3CCc4nc(N5CC(C)OC(C)C5)ccc4C3)ncc2Cl)c(C)c1. The van der Waals surface area contributed by atoms with Crippen LogP contribution in [0.2, 0.25) is 5.02 Å². The van der Waals surface area contributed by atoms with Crippen LogP contribution in [0.15, 0.2) is 36.7 Å². The maximum Gasteiger partial charge on any atom is 0.129 e. The monoisotopic (exact) mass is 463 g/mol. The summed E-state index contributed by atoms with van der Waals surface area (Å²) in [4.78, 5) is 18.9. The second kappa shape index (κ2) is 8.92. The van der Waals surface area contributed by atoms with Crippen LogP contribution in [0.25, 0.3) is 11.3 Å². The Hall–Kier alpha value is -2.70. The summed E-state index contributed by atoms with van der Waals surface area (Å²) in [6, 6.07) is 8.57. The van der Waals surface area contributed by atoms with Crippen molar-refractivity contribution in [2.45, 2.75) is 52.9 Å². The van der Waals surface area contributed by atoms with Gasteiger partial charge in [-0.3, -0.25) is 4.98 Å². The Morgan fingerprint density at radius 3 is 2.52 bits per heavy atom. The largest absolute Gasteiger partial charge is 0.372 e. The van der Waals surface area contributed by atoms with Crippen molar-refractivity contribution in [1.29, 1.82) is 0 Å². The summed E-state index contributed by atoms with van der Waals surface area (Å²) in [5.41, 5.74) is 6.52. The Kier molecular flexibility index (Phi) is 5.97. The third-order valence-corrected chi connectivity index (χ3v) is 6.71. The van der Waals surface area contributed by atoms with Gasteiger partial charge in [-0.05, 0) is 56.5 Å². The molecule has 0 amide bonds.